The fourth-order valence-corrected chi connectivity index (χ4v) is 2.70. The van der Waals surface area contributed by atoms with Gasteiger partial charge in [-0.25, -0.2) is 0 Å². The molecule has 1 N–H and O–H groups in total. The molecule has 1 atom stereocenters. The van der Waals surface area contributed by atoms with Gasteiger partial charge < -0.3 is 10.2 Å². The van der Waals surface area contributed by atoms with Crippen molar-refractivity contribution in [2.24, 2.45) is 5.92 Å². The van der Waals surface area contributed by atoms with E-state index >= 15 is 0 Å². The molecule has 132 valence electrons. The summed E-state index contributed by atoms with van der Waals surface area (Å²) in [6.07, 6.45) is -3.95. The largest absolute Gasteiger partial charge is 0.416 e. The van der Waals surface area contributed by atoms with E-state index in [-0.39, 0.29) is 5.91 Å². The van der Waals surface area contributed by atoms with Crippen LogP contribution in [-0.4, -0.2) is 23.5 Å². The highest BCUT2D eigenvalue weighted by atomic mass is 19.4. The van der Waals surface area contributed by atoms with Crippen molar-refractivity contribution < 1.29 is 18.0 Å². The van der Waals surface area contributed by atoms with Crippen molar-refractivity contribution in [1.29, 1.82) is 0 Å². The van der Waals surface area contributed by atoms with E-state index in [2.05, 4.69) is 19.2 Å². The van der Waals surface area contributed by atoms with Gasteiger partial charge in [0.25, 0.3) is 5.91 Å². The second-order valence-corrected chi connectivity index (χ2v) is 6.61. The van der Waals surface area contributed by atoms with E-state index in [1.807, 2.05) is 6.92 Å². The van der Waals surface area contributed by atoms with Crippen molar-refractivity contribution in [3.63, 3.8) is 0 Å². The molecule has 2 rings (SSSR count). The van der Waals surface area contributed by atoms with Gasteiger partial charge in [-0.2, -0.15) is 13.2 Å². The first-order valence-electron chi connectivity index (χ1n) is 8.03. The number of rotatable bonds is 5. The molecule has 0 fully saturated rings. The summed E-state index contributed by atoms with van der Waals surface area (Å²) in [5.74, 6) is 0.380. The number of amides is 1. The van der Waals surface area contributed by atoms with Crippen LogP contribution in [0, 0.1) is 5.92 Å². The molecule has 0 radical (unpaired) electrons. The third kappa shape index (κ3) is 3.91. The molecule has 0 aromatic heterocycles. The first kappa shape index (κ1) is 18.4. The number of halogens is 3. The molecule has 1 aliphatic heterocycles. The number of nitrogens with one attached hydrogen (secondary N) is 1. The number of alkyl halides is 3. The average Bonchev–Trinajstić information content (AvgIpc) is 2.69. The van der Waals surface area contributed by atoms with Crippen molar-refractivity contribution >= 4 is 11.6 Å². The molecule has 1 aromatic carbocycles. The monoisotopic (exact) mass is 340 g/mol. The van der Waals surface area contributed by atoms with Gasteiger partial charge in [0.15, 0.2) is 0 Å². The van der Waals surface area contributed by atoms with Crippen LogP contribution in [0.15, 0.2) is 35.4 Å². The second kappa shape index (κ2) is 6.87. The molecule has 0 aliphatic carbocycles. The zero-order chi connectivity index (χ0) is 18.1. The molecule has 0 saturated carbocycles. The van der Waals surface area contributed by atoms with Gasteiger partial charge in [0.2, 0.25) is 0 Å². The Hall–Kier alpha value is -1.98. The predicted molar refractivity (Wildman–Crippen MR) is 88.4 cm³/mol. The van der Waals surface area contributed by atoms with E-state index in [4.69, 9.17) is 0 Å². The summed E-state index contributed by atoms with van der Waals surface area (Å²) in [4.78, 5) is 14.1. The first-order valence-corrected chi connectivity index (χ1v) is 8.03. The van der Waals surface area contributed by atoms with E-state index in [0.717, 1.165) is 24.1 Å². The van der Waals surface area contributed by atoms with Gasteiger partial charge in [-0.1, -0.05) is 19.9 Å². The van der Waals surface area contributed by atoms with Crippen molar-refractivity contribution in [2.75, 3.05) is 11.9 Å². The zero-order valence-corrected chi connectivity index (χ0v) is 14.4. The standard InChI is InChI=1S/C18H23F3N2O/c1-11(2)8-9-23-16(12(3)13(4)17(23)24)22-15-7-5-6-14(10-15)18(19,20)21/h5-7,10-11,16,22H,8-9H2,1-4H3/t16-/m1/s1. The smallest absolute Gasteiger partial charge is 0.362 e. The maximum Gasteiger partial charge on any atom is 0.416 e. The average molecular weight is 340 g/mol. The molecule has 24 heavy (non-hydrogen) atoms. The van der Waals surface area contributed by atoms with E-state index < -0.39 is 17.9 Å². The summed E-state index contributed by atoms with van der Waals surface area (Å²) < 4.78 is 38.6. The molecule has 1 aromatic rings. The zero-order valence-electron chi connectivity index (χ0n) is 14.4. The number of hydrogen-bond donors (Lipinski definition) is 1. The minimum absolute atomic E-state index is 0.0578. The molecule has 6 heteroatoms. The Morgan fingerprint density at radius 1 is 1.25 bits per heavy atom. The Bertz CT molecular complexity index is 650. The highest BCUT2D eigenvalue weighted by Crippen LogP contribution is 2.32. The molecule has 0 bridgehead atoms. The number of carbonyl (C=O) groups excluding carboxylic acids is 1. The Morgan fingerprint density at radius 3 is 2.50 bits per heavy atom. The normalized spacial score (nSPS) is 18.8. The number of hydrogen-bond acceptors (Lipinski definition) is 2. The maximum absolute atomic E-state index is 12.9. The van der Waals surface area contributed by atoms with Gasteiger partial charge in [0.05, 0.1) is 5.56 Å². The van der Waals surface area contributed by atoms with E-state index in [1.165, 1.54) is 6.07 Å². The molecule has 0 spiro atoms. The molecular weight excluding hydrogens is 317 g/mol. The molecule has 1 amide bonds. The number of nitrogens with zero attached hydrogens (tertiary/aromatic N) is 1. The highest BCUT2D eigenvalue weighted by Gasteiger charge is 2.35. The lowest BCUT2D eigenvalue weighted by atomic mass is 10.1. The summed E-state index contributed by atoms with van der Waals surface area (Å²) in [6, 6.07) is 5.06. The van der Waals surface area contributed by atoms with Crippen LogP contribution in [-0.2, 0) is 11.0 Å². The fourth-order valence-electron chi connectivity index (χ4n) is 2.70. The third-order valence-electron chi connectivity index (χ3n) is 4.34. The summed E-state index contributed by atoms with van der Waals surface area (Å²) >= 11 is 0. The van der Waals surface area contributed by atoms with Gasteiger partial charge in [0.1, 0.15) is 6.17 Å². The van der Waals surface area contributed by atoms with E-state index in [1.54, 1.807) is 17.9 Å². The quantitative estimate of drug-likeness (QED) is 0.845. The van der Waals surface area contributed by atoms with Gasteiger partial charge in [0, 0.05) is 17.8 Å². The summed E-state index contributed by atoms with van der Waals surface area (Å²) in [6.45, 7) is 8.31. The summed E-state index contributed by atoms with van der Waals surface area (Å²) in [5, 5.41) is 3.08. The van der Waals surface area contributed by atoms with Gasteiger partial charge in [-0.05, 0) is 50.0 Å². The molecular formula is C18H23F3N2O. The van der Waals surface area contributed by atoms with Crippen molar-refractivity contribution in [3.8, 4) is 0 Å². The minimum atomic E-state index is -4.39. The van der Waals surface area contributed by atoms with Crippen LogP contribution in [0.1, 0.15) is 39.7 Å². The third-order valence-corrected chi connectivity index (χ3v) is 4.34. The van der Waals surface area contributed by atoms with Gasteiger partial charge >= 0.3 is 6.18 Å². The van der Waals surface area contributed by atoms with Crippen LogP contribution in [0.3, 0.4) is 0 Å². The van der Waals surface area contributed by atoms with Crippen LogP contribution in [0.25, 0.3) is 0 Å². The Morgan fingerprint density at radius 2 is 1.92 bits per heavy atom. The lowest BCUT2D eigenvalue weighted by Gasteiger charge is -2.29. The molecule has 1 aliphatic rings. The Kier molecular flexibility index (Phi) is 5.26. The van der Waals surface area contributed by atoms with E-state index in [9.17, 15) is 18.0 Å². The molecule has 1 heterocycles. The number of carbonyl (C=O) groups is 1. The van der Waals surface area contributed by atoms with Crippen molar-refractivity contribution in [2.45, 2.75) is 46.5 Å². The summed E-state index contributed by atoms with van der Waals surface area (Å²) in [7, 11) is 0. The van der Waals surface area contributed by atoms with Crippen LogP contribution in [0.4, 0.5) is 18.9 Å². The van der Waals surface area contributed by atoms with Gasteiger partial charge in [-0.15, -0.1) is 0 Å². The lowest BCUT2D eigenvalue weighted by molar-refractivity contribution is -0.137. The summed E-state index contributed by atoms with van der Waals surface area (Å²) in [5.41, 5.74) is 1.15. The van der Waals surface area contributed by atoms with Crippen LogP contribution in [0.5, 0.6) is 0 Å². The Labute approximate surface area is 140 Å². The molecule has 3 nitrogen and oxygen atoms in total. The first-order chi connectivity index (χ1) is 11.1. The van der Waals surface area contributed by atoms with Crippen LogP contribution >= 0.6 is 0 Å². The topological polar surface area (TPSA) is 32.3 Å². The van der Waals surface area contributed by atoms with Gasteiger partial charge in [-0.3, -0.25) is 4.79 Å². The van der Waals surface area contributed by atoms with Crippen LogP contribution < -0.4 is 5.32 Å². The van der Waals surface area contributed by atoms with Crippen molar-refractivity contribution in [1.82, 2.24) is 4.90 Å². The number of anilines is 1. The molecule has 0 unspecified atom stereocenters. The molecule has 0 saturated heterocycles. The second-order valence-electron chi connectivity index (χ2n) is 6.61. The number of benzene rings is 1. The SMILES string of the molecule is CC1=C(C)[C@H](Nc2cccc(C(F)(F)F)c2)N(CCC(C)C)C1=O. The fraction of sp³-hybridized carbons (Fsp3) is 0.500. The predicted octanol–water partition coefficient (Wildman–Crippen LogP) is 4.67. The Balaban J connectivity index is 2.23. The lowest BCUT2D eigenvalue weighted by Crippen LogP contribution is -2.41. The highest BCUT2D eigenvalue weighted by molar-refractivity contribution is 5.97. The van der Waals surface area contributed by atoms with Crippen molar-refractivity contribution in [3.05, 3.63) is 41.0 Å². The van der Waals surface area contributed by atoms with Crippen LogP contribution in [0.2, 0.25) is 0 Å². The minimum Gasteiger partial charge on any atom is -0.362 e. The maximum atomic E-state index is 12.9. The van der Waals surface area contributed by atoms with E-state index in [0.29, 0.717) is 23.7 Å².